The highest BCUT2D eigenvalue weighted by Crippen LogP contribution is 2.32. The summed E-state index contributed by atoms with van der Waals surface area (Å²) in [6.45, 7) is 8.95. The maximum absolute atomic E-state index is 5.56. The van der Waals surface area contributed by atoms with E-state index in [1.54, 1.807) is 0 Å². The summed E-state index contributed by atoms with van der Waals surface area (Å²) in [5.41, 5.74) is 8.85. The van der Waals surface area contributed by atoms with E-state index in [1.165, 1.54) is 24.1 Å². The van der Waals surface area contributed by atoms with Crippen molar-refractivity contribution in [1.82, 2.24) is 4.90 Å². The number of nitrogens with zero attached hydrogens (tertiary/aromatic N) is 1. The Morgan fingerprint density at radius 2 is 2.00 bits per heavy atom. The molecule has 0 unspecified atom stereocenters. The highest BCUT2D eigenvalue weighted by atomic mass is 15.1. The van der Waals surface area contributed by atoms with Crippen LogP contribution in [0.4, 0.5) is 0 Å². The summed E-state index contributed by atoms with van der Waals surface area (Å²) in [5, 5.41) is 0. The van der Waals surface area contributed by atoms with Crippen LogP contribution in [0.3, 0.4) is 0 Å². The van der Waals surface area contributed by atoms with Crippen molar-refractivity contribution >= 4 is 0 Å². The van der Waals surface area contributed by atoms with Crippen molar-refractivity contribution in [3.63, 3.8) is 0 Å². The molecule has 0 amide bonds. The number of rotatable bonds is 4. The van der Waals surface area contributed by atoms with Gasteiger partial charge in [-0.2, -0.15) is 0 Å². The molecule has 2 nitrogen and oxygen atoms in total. The van der Waals surface area contributed by atoms with E-state index in [9.17, 15) is 0 Å². The lowest BCUT2D eigenvalue weighted by Crippen LogP contribution is -2.42. The van der Waals surface area contributed by atoms with E-state index in [-0.39, 0.29) is 5.41 Å². The van der Waals surface area contributed by atoms with Crippen molar-refractivity contribution in [3.05, 3.63) is 35.4 Å². The summed E-state index contributed by atoms with van der Waals surface area (Å²) in [7, 11) is 0. The van der Waals surface area contributed by atoms with E-state index in [0.29, 0.717) is 0 Å². The van der Waals surface area contributed by atoms with Crippen LogP contribution in [-0.2, 0) is 12.0 Å². The fourth-order valence-electron chi connectivity index (χ4n) is 2.90. The zero-order chi connectivity index (χ0) is 12.3. The molecule has 2 rings (SSSR count). The molecule has 94 valence electrons. The first-order valence-corrected chi connectivity index (χ1v) is 6.64. The Morgan fingerprint density at radius 1 is 1.24 bits per heavy atom. The van der Waals surface area contributed by atoms with Crippen LogP contribution in [0.2, 0.25) is 0 Å². The monoisotopic (exact) mass is 232 g/mol. The number of unbranched alkanes of at least 4 members (excludes halogenated alkanes) is 1. The lowest BCUT2D eigenvalue weighted by Gasteiger charge is -2.40. The lowest BCUT2D eigenvalue weighted by atomic mass is 9.78. The van der Waals surface area contributed by atoms with Gasteiger partial charge in [-0.3, -0.25) is 4.90 Å². The van der Waals surface area contributed by atoms with Gasteiger partial charge >= 0.3 is 0 Å². The molecular formula is C15H24N2. The van der Waals surface area contributed by atoms with Gasteiger partial charge in [0.15, 0.2) is 0 Å². The fourth-order valence-corrected chi connectivity index (χ4v) is 2.90. The molecule has 2 N–H and O–H groups in total. The van der Waals surface area contributed by atoms with Gasteiger partial charge in [0.05, 0.1) is 0 Å². The Hall–Kier alpha value is -0.860. The zero-order valence-electron chi connectivity index (χ0n) is 11.1. The lowest BCUT2D eigenvalue weighted by molar-refractivity contribution is 0.191. The number of hydrogen-bond acceptors (Lipinski definition) is 2. The predicted octanol–water partition coefficient (Wildman–Crippen LogP) is 2.52. The molecule has 0 bridgehead atoms. The highest BCUT2D eigenvalue weighted by molar-refractivity contribution is 5.35. The number of fused-ring (bicyclic) bond motifs is 1. The number of benzene rings is 1. The quantitative estimate of drug-likeness (QED) is 0.808. The van der Waals surface area contributed by atoms with Crippen molar-refractivity contribution in [2.24, 2.45) is 5.73 Å². The van der Waals surface area contributed by atoms with Crippen molar-refractivity contribution in [2.75, 3.05) is 19.6 Å². The number of hydrogen-bond donors (Lipinski definition) is 1. The first kappa shape index (κ1) is 12.6. The Balaban J connectivity index is 2.08. The van der Waals surface area contributed by atoms with Crippen LogP contribution in [-0.4, -0.2) is 24.5 Å². The Labute approximate surface area is 105 Å². The summed E-state index contributed by atoms with van der Waals surface area (Å²) in [6, 6.07) is 8.86. The smallest absolute Gasteiger partial charge is 0.0237 e. The molecule has 0 fully saturated rings. The van der Waals surface area contributed by atoms with E-state index in [0.717, 1.165) is 26.1 Å². The van der Waals surface area contributed by atoms with Gasteiger partial charge in [0.25, 0.3) is 0 Å². The summed E-state index contributed by atoms with van der Waals surface area (Å²) in [6.07, 6.45) is 2.35. The van der Waals surface area contributed by atoms with Crippen molar-refractivity contribution in [1.29, 1.82) is 0 Å². The first-order valence-electron chi connectivity index (χ1n) is 6.64. The summed E-state index contributed by atoms with van der Waals surface area (Å²) >= 11 is 0. The van der Waals surface area contributed by atoms with Crippen LogP contribution in [0.25, 0.3) is 0 Å². The second-order valence-corrected chi connectivity index (χ2v) is 5.75. The van der Waals surface area contributed by atoms with E-state index in [2.05, 4.69) is 43.0 Å². The van der Waals surface area contributed by atoms with E-state index >= 15 is 0 Å². The summed E-state index contributed by atoms with van der Waals surface area (Å²) < 4.78 is 0. The minimum Gasteiger partial charge on any atom is -0.330 e. The third-order valence-corrected chi connectivity index (χ3v) is 3.69. The van der Waals surface area contributed by atoms with Gasteiger partial charge in [-0.25, -0.2) is 0 Å². The van der Waals surface area contributed by atoms with Gasteiger partial charge in [-0.1, -0.05) is 38.1 Å². The molecule has 2 heteroatoms. The maximum Gasteiger partial charge on any atom is 0.0237 e. The van der Waals surface area contributed by atoms with Gasteiger partial charge in [0.2, 0.25) is 0 Å². The third kappa shape index (κ3) is 2.88. The summed E-state index contributed by atoms with van der Waals surface area (Å²) in [4.78, 5) is 2.57. The molecule has 0 aromatic heterocycles. The van der Waals surface area contributed by atoms with Gasteiger partial charge < -0.3 is 5.73 Å². The first-order chi connectivity index (χ1) is 8.13. The molecule has 1 aromatic carbocycles. The average Bonchev–Trinajstić information content (AvgIpc) is 2.29. The van der Waals surface area contributed by atoms with Crippen molar-refractivity contribution in [3.8, 4) is 0 Å². The van der Waals surface area contributed by atoms with E-state index in [4.69, 9.17) is 5.73 Å². The van der Waals surface area contributed by atoms with Gasteiger partial charge in [-0.15, -0.1) is 0 Å². The molecule has 1 aliphatic heterocycles. The second-order valence-electron chi connectivity index (χ2n) is 5.75. The molecule has 17 heavy (non-hydrogen) atoms. The predicted molar refractivity (Wildman–Crippen MR) is 73.0 cm³/mol. The molecule has 0 spiro atoms. The molecular weight excluding hydrogens is 208 g/mol. The Morgan fingerprint density at radius 3 is 2.76 bits per heavy atom. The van der Waals surface area contributed by atoms with Crippen LogP contribution >= 0.6 is 0 Å². The Kier molecular flexibility index (Phi) is 3.85. The molecule has 1 heterocycles. The van der Waals surface area contributed by atoms with Crippen LogP contribution in [0.5, 0.6) is 0 Å². The molecule has 0 atom stereocenters. The standard InChI is InChI=1S/C15H24N2/c1-15(2)12-17(10-6-5-9-16)11-13-7-3-4-8-14(13)15/h3-4,7-8H,5-6,9-12,16H2,1-2H3. The highest BCUT2D eigenvalue weighted by Gasteiger charge is 2.30. The molecule has 0 aliphatic carbocycles. The SMILES string of the molecule is CC1(C)CN(CCCCN)Cc2ccccc21. The summed E-state index contributed by atoms with van der Waals surface area (Å²) in [5.74, 6) is 0. The number of nitrogens with two attached hydrogens (primary N) is 1. The zero-order valence-corrected chi connectivity index (χ0v) is 11.1. The third-order valence-electron chi connectivity index (χ3n) is 3.69. The minimum atomic E-state index is 0.275. The molecule has 1 aliphatic rings. The molecule has 0 radical (unpaired) electrons. The Bertz CT molecular complexity index is 371. The average molecular weight is 232 g/mol. The molecule has 0 saturated carbocycles. The molecule has 1 aromatic rings. The van der Waals surface area contributed by atoms with E-state index in [1.807, 2.05) is 0 Å². The van der Waals surface area contributed by atoms with Gasteiger partial charge in [0.1, 0.15) is 0 Å². The van der Waals surface area contributed by atoms with Crippen molar-refractivity contribution < 1.29 is 0 Å². The molecule has 0 saturated heterocycles. The van der Waals surface area contributed by atoms with Crippen molar-refractivity contribution in [2.45, 2.75) is 38.6 Å². The fraction of sp³-hybridized carbons (Fsp3) is 0.600. The maximum atomic E-state index is 5.56. The normalized spacial score (nSPS) is 19.0. The van der Waals surface area contributed by atoms with Crippen LogP contribution in [0.15, 0.2) is 24.3 Å². The van der Waals surface area contributed by atoms with Gasteiger partial charge in [-0.05, 0) is 37.1 Å². The second kappa shape index (κ2) is 5.19. The van der Waals surface area contributed by atoms with E-state index < -0.39 is 0 Å². The minimum absolute atomic E-state index is 0.275. The largest absolute Gasteiger partial charge is 0.330 e. The van der Waals surface area contributed by atoms with Gasteiger partial charge in [0, 0.05) is 18.5 Å². The van der Waals surface area contributed by atoms with Crippen LogP contribution in [0, 0.1) is 0 Å². The van der Waals surface area contributed by atoms with Crippen LogP contribution < -0.4 is 5.73 Å². The topological polar surface area (TPSA) is 29.3 Å². The van der Waals surface area contributed by atoms with Crippen LogP contribution in [0.1, 0.15) is 37.8 Å².